The molecule has 182 valence electrons. The SMILES string of the molecule is CC(=O)OC[C@@H](OC(C)=O)[C@@H](OC(C)=O)[C@@H](OC(C)=O)[C@@H](OC(C)=O)c1csc(C(C)=O)n1. The highest BCUT2D eigenvalue weighted by molar-refractivity contribution is 7.11. The Balaban J connectivity index is 3.61. The Hall–Kier alpha value is -3.35. The maximum atomic E-state index is 11.9. The lowest BCUT2D eigenvalue weighted by atomic mass is 10.00. The predicted molar refractivity (Wildman–Crippen MR) is 110 cm³/mol. The number of Topliss-reactive ketones (excluding diaryl/α,β-unsaturated/α-hetero) is 1. The van der Waals surface area contributed by atoms with Crippen molar-refractivity contribution in [3.63, 3.8) is 0 Å². The van der Waals surface area contributed by atoms with Gasteiger partial charge in [0.15, 0.2) is 35.2 Å². The number of nitrogens with zero attached hydrogens (tertiary/aromatic N) is 1. The summed E-state index contributed by atoms with van der Waals surface area (Å²) in [6.07, 6.45) is -6.07. The van der Waals surface area contributed by atoms with Crippen LogP contribution in [-0.2, 0) is 47.7 Å². The van der Waals surface area contributed by atoms with Crippen molar-refractivity contribution in [2.45, 2.75) is 66.0 Å². The molecule has 0 saturated heterocycles. The summed E-state index contributed by atoms with van der Waals surface area (Å²) < 4.78 is 26.0. The van der Waals surface area contributed by atoms with Crippen LogP contribution in [0.25, 0.3) is 0 Å². The first-order chi connectivity index (χ1) is 15.3. The third kappa shape index (κ3) is 9.35. The summed E-state index contributed by atoms with van der Waals surface area (Å²) in [4.78, 5) is 74.5. The molecule has 13 heteroatoms. The number of ether oxygens (including phenoxy) is 5. The van der Waals surface area contributed by atoms with Gasteiger partial charge in [-0.25, -0.2) is 4.98 Å². The summed E-state index contributed by atoms with van der Waals surface area (Å²) >= 11 is 0.953. The highest BCUT2D eigenvalue weighted by Gasteiger charge is 2.45. The van der Waals surface area contributed by atoms with E-state index in [0.717, 1.165) is 46.0 Å². The molecule has 0 N–H and O–H groups in total. The average Bonchev–Trinajstić information content (AvgIpc) is 3.15. The van der Waals surface area contributed by atoms with E-state index in [4.69, 9.17) is 23.7 Å². The molecular weight excluding hydrogens is 462 g/mol. The zero-order valence-corrected chi connectivity index (χ0v) is 19.8. The Morgan fingerprint density at radius 2 is 1.27 bits per heavy atom. The molecule has 4 atom stereocenters. The maximum absolute atomic E-state index is 11.9. The summed E-state index contributed by atoms with van der Waals surface area (Å²) in [5.74, 6) is -4.42. The molecule has 0 unspecified atom stereocenters. The fourth-order valence-electron chi connectivity index (χ4n) is 2.70. The van der Waals surface area contributed by atoms with E-state index in [0.29, 0.717) is 0 Å². The quantitative estimate of drug-likeness (QED) is 0.250. The molecule has 0 amide bonds. The van der Waals surface area contributed by atoms with Crippen molar-refractivity contribution in [3.8, 4) is 0 Å². The first kappa shape index (κ1) is 27.7. The molecule has 0 radical (unpaired) electrons. The number of ketones is 1. The predicted octanol–water partition coefficient (Wildman–Crippen LogP) is 1.31. The van der Waals surface area contributed by atoms with Crippen LogP contribution in [0, 0.1) is 0 Å². The van der Waals surface area contributed by atoms with E-state index in [1.807, 2.05) is 0 Å². The number of carbonyl (C=O) groups is 6. The number of rotatable bonds is 11. The molecule has 0 aliphatic heterocycles. The molecule has 0 spiro atoms. The second kappa shape index (κ2) is 12.6. The number of esters is 5. The van der Waals surface area contributed by atoms with Crippen LogP contribution in [0.15, 0.2) is 5.38 Å². The molecule has 0 aromatic carbocycles. The topological polar surface area (TPSA) is 161 Å². The minimum Gasteiger partial charge on any atom is -0.462 e. The number of hydrogen-bond donors (Lipinski definition) is 0. The fraction of sp³-hybridized carbons (Fsp3) is 0.550. The molecule has 0 aliphatic carbocycles. The van der Waals surface area contributed by atoms with Crippen LogP contribution >= 0.6 is 11.3 Å². The first-order valence-corrected chi connectivity index (χ1v) is 10.5. The van der Waals surface area contributed by atoms with Gasteiger partial charge in [-0.2, -0.15) is 0 Å². The third-order valence-corrected chi connectivity index (χ3v) is 4.73. The first-order valence-electron chi connectivity index (χ1n) is 9.60. The van der Waals surface area contributed by atoms with Crippen molar-refractivity contribution >= 4 is 47.0 Å². The molecule has 1 aromatic heterocycles. The highest BCUT2D eigenvalue weighted by atomic mass is 32.1. The maximum Gasteiger partial charge on any atom is 0.303 e. The summed E-state index contributed by atoms with van der Waals surface area (Å²) in [5, 5.41) is 1.49. The van der Waals surface area contributed by atoms with Crippen LogP contribution in [0.1, 0.15) is 63.1 Å². The largest absolute Gasteiger partial charge is 0.462 e. The Bertz CT molecular complexity index is 910. The summed E-state index contributed by atoms with van der Waals surface area (Å²) in [7, 11) is 0. The smallest absolute Gasteiger partial charge is 0.303 e. The van der Waals surface area contributed by atoms with E-state index < -0.39 is 60.9 Å². The Kier molecular flexibility index (Phi) is 10.6. The second-order valence-electron chi connectivity index (χ2n) is 6.76. The van der Waals surface area contributed by atoms with Gasteiger partial charge in [-0.05, 0) is 0 Å². The minimum absolute atomic E-state index is 0.0258. The molecule has 1 heterocycles. The number of hydrogen-bond acceptors (Lipinski definition) is 13. The van der Waals surface area contributed by atoms with Gasteiger partial charge in [-0.1, -0.05) is 0 Å². The van der Waals surface area contributed by atoms with Crippen molar-refractivity contribution in [1.29, 1.82) is 0 Å². The van der Waals surface area contributed by atoms with Gasteiger partial charge < -0.3 is 23.7 Å². The molecule has 12 nitrogen and oxygen atoms in total. The van der Waals surface area contributed by atoms with Crippen LogP contribution in [0.2, 0.25) is 0 Å². The zero-order chi connectivity index (χ0) is 25.3. The summed E-state index contributed by atoms with van der Waals surface area (Å²) in [6.45, 7) is 6.08. The summed E-state index contributed by atoms with van der Waals surface area (Å²) in [6, 6.07) is 0. The van der Waals surface area contributed by atoms with E-state index >= 15 is 0 Å². The van der Waals surface area contributed by atoms with E-state index in [9.17, 15) is 28.8 Å². The lowest BCUT2D eigenvalue weighted by Crippen LogP contribution is -2.50. The van der Waals surface area contributed by atoms with Gasteiger partial charge in [0, 0.05) is 46.9 Å². The van der Waals surface area contributed by atoms with Crippen LogP contribution in [0.3, 0.4) is 0 Å². The molecule has 33 heavy (non-hydrogen) atoms. The van der Waals surface area contributed by atoms with Gasteiger partial charge in [0.25, 0.3) is 0 Å². The number of carbonyl (C=O) groups excluding carboxylic acids is 6. The molecule has 1 aromatic rings. The van der Waals surface area contributed by atoms with Crippen LogP contribution < -0.4 is 0 Å². The monoisotopic (exact) mass is 487 g/mol. The van der Waals surface area contributed by atoms with Gasteiger partial charge >= 0.3 is 29.8 Å². The Labute approximate surface area is 193 Å². The van der Waals surface area contributed by atoms with Crippen LogP contribution in [0.4, 0.5) is 0 Å². The van der Waals surface area contributed by atoms with E-state index in [1.165, 1.54) is 12.3 Å². The standard InChI is InChI=1S/C20H25NO11S/c1-9(22)20-21-15(8-33-20)17(30-12(4)25)19(32-14(6)27)18(31-13(5)26)16(29-11(3)24)7-28-10(2)23/h8,16-19H,7H2,1-6H3/t16-,17+,18-,19+/m1/s1. The van der Waals surface area contributed by atoms with Gasteiger partial charge in [0.05, 0.1) is 5.69 Å². The molecule has 0 aliphatic rings. The molecular formula is C20H25NO11S. The van der Waals surface area contributed by atoms with Crippen molar-refractivity contribution in [3.05, 3.63) is 16.1 Å². The van der Waals surface area contributed by atoms with E-state index in [1.54, 1.807) is 0 Å². The highest BCUT2D eigenvalue weighted by Crippen LogP contribution is 2.31. The van der Waals surface area contributed by atoms with Crippen LogP contribution in [0.5, 0.6) is 0 Å². The van der Waals surface area contributed by atoms with E-state index in [2.05, 4.69) is 4.98 Å². The average molecular weight is 487 g/mol. The van der Waals surface area contributed by atoms with Crippen molar-refractivity contribution in [2.75, 3.05) is 6.61 Å². The van der Waals surface area contributed by atoms with Crippen LogP contribution in [-0.4, -0.2) is 65.5 Å². The molecule has 0 saturated carbocycles. The minimum atomic E-state index is -1.59. The Morgan fingerprint density at radius 3 is 1.70 bits per heavy atom. The lowest BCUT2D eigenvalue weighted by Gasteiger charge is -2.34. The van der Waals surface area contributed by atoms with Crippen molar-refractivity contribution in [1.82, 2.24) is 4.98 Å². The molecule has 0 fully saturated rings. The normalized spacial score (nSPS) is 14.1. The van der Waals surface area contributed by atoms with Gasteiger partial charge in [-0.15, -0.1) is 11.3 Å². The van der Waals surface area contributed by atoms with Gasteiger partial charge in [-0.3, -0.25) is 28.8 Å². The fourth-order valence-corrected chi connectivity index (χ4v) is 3.44. The number of thiazole rings is 1. The van der Waals surface area contributed by atoms with Crippen molar-refractivity contribution in [2.24, 2.45) is 0 Å². The number of aromatic nitrogens is 1. The summed E-state index contributed by atoms with van der Waals surface area (Å²) in [5.41, 5.74) is 0.0258. The Morgan fingerprint density at radius 1 is 0.758 bits per heavy atom. The van der Waals surface area contributed by atoms with Gasteiger partial charge in [0.1, 0.15) is 6.61 Å². The van der Waals surface area contributed by atoms with Crippen molar-refractivity contribution < 1.29 is 52.5 Å². The van der Waals surface area contributed by atoms with E-state index in [-0.39, 0.29) is 16.5 Å². The zero-order valence-electron chi connectivity index (χ0n) is 18.9. The lowest BCUT2D eigenvalue weighted by molar-refractivity contribution is -0.203. The third-order valence-electron chi connectivity index (χ3n) is 3.77. The second-order valence-corrected chi connectivity index (χ2v) is 7.62. The molecule has 0 bridgehead atoms. The molecule has 1 rings (SSSR count). The van der Waals surface area contributed by atoms with Gasteiger partial charge in [0.2, 0.25) is 0 Å².